The maximum Gasteiger partial charge on any atom is 0.288 e. The van der Waals surface area contributed by atoms with Crippen LogP contribution in [-0.2, 0) is 5.75 Å². The molecule has 1 amide bonds. The van der Waals surface area contributed by atoms with Crippen LogP contribution in [-0.4, -0.2) is 17.4 Å². The maximum atomic E-state index is 12.6. The van der Waals surface area contributed by atoms with E-state index in [1.54, 1.807) is 36.4 Å². The molecule has 2 aromatic rings. The Bertz CT molecular complexity index is 647. The van der Waals surface area contributed by atoms with Crippen LogP contribution < -0.4 is 5.32 Å². The molecule has 23 heavy (non-hydrogen) atoms. The minimum absolute atomic E-state index is 0.304. The molecule has 0 saturated heterocycles. The lowest BCUT2D eigenvalue weighted by Gasteiger charge is -2.10. The smallest absolute Gasteiger partial charge is 0.288 e. The number of nitrogens with one attached hydrogen (secondary N) is 1. The van der Waals surface area contributed by atoms with Crippen LogP contribution in [0.3, 0.4) is 0 Å². The van der Waals surface area contributed by atoms with Crippen LogP contribution in [0.4, 0.5) is 14.5 Å². The van der Waals surface area contributed by atoms with Crippen molar-refractivity contribution in [2.24, 2.45) is 0 Å². The Morgan fingerprint density at radius 2 is 1.83 bits per heavy atom. The predicted octanol–water partition coefficient (Wildman–Crippen LogP) is 5.51. The minimum Gasteiger partial charge on any atom is -0.321 e. The van der Waals surface area contributed by atoms with Gasteiger partial charge in [0, 0.05) is 16.2 Å². The van der Waals surface area contributed by atoms with Crippen LogP contribution in [0, 0.1) is 0 Å². The SMILES string of the molecule is CCSCc1ccc(C(=O)Nc2ccccc2SC(F)F)cc1. The van der Waals surface area contributed by atoms with Crippen LogP contribution in [0.25, 0.3) is 0 Å². The first-order chi connectivity index (χ1) is 11.1. The highest BCUT2D eigenvalue weighted by molar-refractivity contribution is 7.99. The normalized spacial score (nSPS) is 10.8. The Hall–Kier alpha value is -1.53. The summed E-state index contributed by atoms with van der Waals surface area (Å²) in [6.45, 7) is 2.10. The molecule has 0 bridgehead atoms. The lowest BCUT2D eigenvalue weighted by Crippen LogP contribution is -2.12. The number of amides is 1. The first-order valence-corrected chi connectivity index (χ1v) is 9.15. The van der Waals surface area contributed by atoms with Crippen LogP contribution in [0.2, 0.25) is 0 Å². The van der Waals surface area contributed by atoms with E-state index in [0.29, 0.717) is 27.9 Å². The Kier molecular flexibility index (Phi) is 6.92. The highest BCUT2D eigenvalue weighted by Gasteiger charge is 2.12. The van der Waals surface area contributed by atoms with E-state index >= 15 is 0 Å². The van der Waals surface area contributed by atoms with Gasteiger partial charge in [0.1, 0.15) is 0 Å². The Labute approximate surface area is 143 Å². The summed E-state index contributed by atoms with van der Waals surface area (Å²) in [5, 5.41) is 2.70. The molecule has 1 N–H and O–H groups in total. The quantitative estimate of drug-likeness (QED) is 0.666. The monoisotopic (exact) mass is 353 g/mol. The van der Waals surface area contributed by atoms with Crippen molar-refractivity contribution >= 4 is 35.1 Å². The predicted molar refractivity (Wildman–Crippen MR) is 94.5 cm³/mol. The van der Waals surface area contributed by atoms with E-state index in [4.69, 9.17) is 0 Å². The van der Waals surface area contributed by atoms with Crippen molar-refractivity contribution in [3.8, 4) is 0 Å². The van der Waals surface area contributed by atoms with Gasteiger partial charge in [-0.15, -0.1) is 0 Å². The van der Waals surface area contributed by atoms with E-state index in [2.05, 4.69) is 12.2 Å². The van der Waals surface area contributed by atoms with Crippen molar-refractivity contribution in [1.82, 2.24) is 0 Å². The van der Waals surface area contributed by atoms with E-state index in [-0.39, 0.29) is 5.91 Å². The summed E-state index contributed by atoms with van der Waals surface area (Å²) in [4.78, 5) is 12.6. The fourth-order valence-corrected chi connectivity index (χ4v) is 3.16. The molecule has 2 nitrogen and oxygen atoms in total. The highest BCUT2D eigenvalue weighted by atomic mass is 32.2. The molecule has 0 aliphatic heterocycles. The first-order valence-electron chi connectivity index (χ1n) is 7.12. The second-order valence-corrected chi connectivity index (χ2v) is 6.97. The number of hydrogen-bond acceptors (Lipinski definition) is 3. The molecule has 0 heterocycles. The van der Waals surface area contributed by atoms with Crippen LogP contribution in [0.1, 0.15) is 22.8 Å². The molecule has 0 spiro atoms. The second kappa shape index (κ2) is 8.93. The zero-order chi connectivity index (χ0) is 16.7. The van der Waals surface area contributed by atoms with Crippen molar-refractivity contribution in [1.29, 1.82) is 0 Å². The molecule has 0 radical (unpaired) electrons. The lowest BCUT2D eigenvalue weighted by molar-refractivity contribution is 0.102. The van der Waals surface area contributed by atoms with Crippen molar-refractivity contribution in [3.63, 3.8) is 0 Å². The number of rotatable bonds is 7. The summed E-state index contributed by atoms with van der Waals surface area (Å²) in [6.07, 6.45) is 0. The molecule has 122 valence electrons. The molecule has 0 aromatic heterocycles. The lowest BCUT2D eigenvalue weighted by atomic mass is 10.1. The van der Waals surface area contributed by atoms with Gasteiger partial charge in [-0.05, 0) is 35.6 Å². The summed E-state index contributed by atoms with van der Waals surface area (Å²) in [7, 11) is 0. The van der Waals surface area contributed by atoms with Crippen LogP contribution >= 0.6 is 23.5 Å². The maximum absolute atomic E-state index is 12.6. The number of halogens is 2. The van der Waals surface area contributed by atoms with Gasteiger partial charge in [0.2, 0.25) is 0 Å². The number of carbonyl (C=O) groups excluding carboxylic acids is 1. The number of anilines is 1. The molecule has 0 atom stereocenters. The summed E-state index contributed by atoms with van der Waals surface area (Å²) in [6, 6.07) is 13.9. The van der Waals surface area contributed by atoms with Crippen LogP contribution in [0.15, 0.2) is 53.4 Å². The minimum atomic E-state index is -2.52. The molecular weight excluding hydrogens is 336 g/mol. The average Bonchev–Trinajstić information content (AvgIpc) is 2.54. The summed E-state index contributed by atoms with van der Waals surface area (Å²) >= 11 is 2.23. The Morgan fingerprint density at radius 1 is 1.13 bits per heavy atom. The topological polar surface area (TPSA) is 29.1 Å². The second-order valence-electron chi connectivity index (χ2n) is 4.66. The zero-order valence-corrected chi connectivity index (χ0v) is 14.2. The fraction of sp³-hybridized carbons (Fsp3) is 0.235. The number of para-hydroxylation sites is 1. The summed E-state index contributed by atoms with van der Waals surface area (Å²) < 4.78 is 25.1. The number of alkyl halides is 2. The first kappa shape index (κ1) is 17.8. The van der Waals surface area contributed by atoms with Gasteiger partial charge in [-0.1, -0.05) is 43.0 Å². The van der Waals surface area contributed by atoms with E-state index < -0.39 is 5.76 Å². The molecule has 0 fully saturated rings. The summed E-state index contributed by atoms with van der Waals surface area (Å²) in [5.74, 6) is -0.877. The van der Waals surface area contributed by atoms with Gasteiger partial charge in [-0.3, -0.25) is 4.79 Å². The van der Waals surface area contributed by atoms with E-state index in [1.165, 1.54) is 0 Å². The van der Waals surface area contributed by atoms with Gasteiger partial charge in [-0.25, -0.2) is 0 Å². The van der Waals surface area contributed by atoms with Gasteiger partial charge >= 0.3 is 0 Å². The van der Waals surface area contributed by atoms with Gasteiger partial charge < -0.3 is 5.32 Å². The Balaban J connectivity index is 2.07. The zero-order valence-electron chi connectivity index (χ0n) is 12.6. The third-order valence-electron chi connectivity index (χ3n) is 3.04. The average molecular weight is 353 g/mol. The van der Waals surface area contributed by atoms with Gasteiger partial charge in [0.25, 0.3) is 11.7 Å². The van der Waals surface area contributed by atoms with Gasteiger partial charge in [0.05, 0.1) is 5.69 Å². The number of benzene rings is 2. The van der Waals surface area contributed by atoms with E-state index in [0.717, 1.165) is 17.1 Å². The molecule has 0 aliphatic carbocycles. The van der Waals surface area contributed by atoms with E-state index in [9.17, 15) is 13.6 Å². The van der Waals surface area contributed by atoms with Gasteiger partial charge in [0.15, 0.2) is 0 Å². The standard InChI is InChI=1S/C17H17F2NOS2/c1-2-22-11-12-7-9-13(10-8-12)16(21)20-14-5-3-4-6-15(14)23-17(18)19/h3-10,17H,2,11H2,1H3,(H,20,21). The van der Waals surface area contributed by atoms with Crippen molar-refractivity contribution in [2.45, 2.75) is 23.3 Å². The Morgan fingerprint density at radius 3 is 2.48 bits per heavy atom. The summed E-state index contributed by atoms with van der Waals surface area (Å²) in [5.41, 5.74) is 2.06. The molecule has 2 rings (SSSR count). The number of thioether (sulfide) groups is 2. The molecule has 0 unspecified atom stereocenters. The van der Waals surface area contributed by atoms with E-state index in [1.807, 2.05) is 23.9 Å². The third-order valence-corrected chi connectivity index (χ3v) is 4.77. The third kappa shape index (κ3) is 5.55. The fourth-order valence-electron chi connectivity index (χ4n) is 1.94. The van der Waals surface area contributed by atoms with Crippen molar-refractivity contribution in [3.05, 3.63) is 59.7 Å². The molecule has 2 aromatic carbocycles. The molecule has 6 heteroatoms. The largest absolute Gasteiger partial charge is 0.321 e. The molecule has 0 saturated carbocycles. The van der Waals surface area contributed by atoms with Crippen molar-refractivity contribution < 1.29 is 13.6 Å². The molecule has 0 aliphatic rings. The highest BCUT2D eigenvalue weighted by Crippen LogP contribution is 2.31. The molecular formula is C17H17F2NOS2. The van der Waals surface area contributed by atoms with Gasteiger partial charge in [-0.2, -0.15) is 20.5 Å². The number of hydrogen-bond donors (Lipinski definition) is 1. The van der Waals surface area contributed by atoms with Crippen molar-refractivity contribution in [2.75, 3.05) is 11.1 Å². The number of carbonyl (C=O) groups is 1. The van der Waals surface area contributed by atoms with Crippen LogP contribution in [0.5, 0.6) is 0 Å².